The van der Waals surface area contributed by atoms with Gasteiger partial charge in [0.05, 0.1) is 37.4 Å². The summed E-state index contributed by atoms with van der Waals surface area (Å²) in [6.07, 6.45) is 10.3. The molecule has 1 saturated carbocycles. The van der Waals surface area contributed by atoms with E-state index in [4.69, 9.17) is 9.47 Å². The number of carbonyl (C=O) groups is 1. The lowest BCUT2D eigenvalue weighted by molar-refractivity contribution is -0.144. The van der Waals surface area contributed by atoms with Gasteiger partial charge < -0.3 is 19.7 Å². The van der Waals surface area contributed by atoms with Gasteiger partial charge in [-0.1, -0.05) is 62.6 Å². The van der Waals surface area contributed by atoms with Crippen molar-refractivity contribution in [1.29, 1.82) is 5.26 Å². The van der Waals surface area contributed by atoms with E-state index in [2.05, 4.69) is 30.0 Å². The molecule has 5 atom stereocenters. The number of aliphatic hydroxyl groups is 2. The van der Waals surface area contributed by atoms with Crippen molar-refractivity contribution in [3.05, 3.63) is 47.5 Å². The summed E-state index contributed by atoms with van der Waals surface area (Å²) >= 11 is 0. The van der Waals surface area contributed by atoms with E-state index in [1.807, 2.05) is 24.3 Å². The number of nitrogens with zero attached hydrogens (tertiary/aromatic N) is 2. The molecule has 1 aromatic rings. The Bertz CT molecular complexity index is 891. The molecular formula is C31H46N2O5. The Hall–Kier alpha value is -2.24. The first-order valence-corrected chi connectivity index (χ1v) is 14.5. The minimum absolute atomic E-state index is 0.0386. The molecule has 210 valence electrons. The molecule has 1 aromatic carbocycles. The van der Waals surface area contributed by atoms with Crippen molar-refractivity contribution in [2.24, 2.45) is 11.8 Å². The lowest BCUT2D eigenvalue weighted by Crippen LogP contribution is -2.38. The van der Waals surface area contributed by atoms with Crippen LogP contribution in [0.25, 0.3) is 0 Å². The fourth-order valence-electron chi connectivity index (χ4n) is 5.66. The van der Waals surface area contributed by atoms with Crippen LogP contribution in [0.4, 0.5) is 0 Å². The fourth-order valence-corrected chi connectivity index (χ4v) is 5.66. The molecule has 0 aromatic heterocycles. The van der Waals surface area contributed by atoms with Gasteiger partial charge in [0.25, 0.3) is 0 Å². The second-order valence-corrected chi connectivity index (χ2v) is 10.7. The number of benzene rings is 1. The van der Waals surface area contributed by atoms with Gasteiger partial charge in [-0.15, -0.1) is 0 Å². The summed E-state index contributed by atoms with van der Waals surface area (Å²) in [5.74, 6) is -0.414. The van der Waals surface area contributed by atoms with E-state index >= 15 is 0 Å². The van der Waals surface area contributed by atoms with E-state index < -0.39 is 12.2 Å². The lowest BCUT2D eigenvalue weighted by Gasteiger charge is -2.26. The minimum Gasteiger partial charge on any atom is -0.464 e. The van der Waals surface area contributed by atoms with Crippen molar-refractivity contribution in [1.82, 2.24) is 4.90 Å². The summed E-state index contributed by atoms with van der Waals surface area (Å²) in [7, 11) is 0. The van der Waals surface area contributed by atoms with Gasteiger partial charge in [0, 0.05) is 32.0 Å². The van der Waals surface area contributed by atoms with E-state index in [1.165, 1.54) is 0 Å². The van der Waals surface area contributed by atoms with Crippen molar-refractivity contribution in [2.45, 2.75) is 82.8 Å². The van der Waals surface area contributed by atoms with Gasteiger partial charge in [0.2, 0.25) is 0 Å². The van der Waals surface area contributed by atoms with Gasteiger partial charge in [-0.25, -0.2) is 0 Å². The van der Waals surface area contributed by atoms with E-state index in [0.29, 0.717) is 25.9 Å². The van der Waals surface area contributed by atoms with Crippen LogP contribution in [-0.2, 0) is 14.3 Å². The van der Waals surface area contributed by atoms with Crippen LogP contribution >= 0.6 is 0 Å². The molecule has 7 nitrogen and oxygen atoms in total. The number of carbonyl (C=O) groups excluding carboxylic acids is 1. The minimum atomic E-state index is -0.550. The maximum Gasteiger partial charge on any atom is 0.305 e. The van der Waals surface area contributed by atoms with Gasteiger partial charge in [0.15, 0.2) is 0 Å². The molecule has 0 radical (unpaired) electrons. The van der Waals surface area contributed by atoms with Crippen molar-refractivity contribution in [2.75, 3.05) is 39.5 Å². The van der Waals surface area contributed by atoms with E-state index in [9.17, 15) is 20.3 Å². The average molecular weight is 527 g/mol. The molecule has 0 bridgehead atoms. The maximum atomic E-state index is 12.0. The quantitative estimate of drug-likeness (QED) is 0.190. The molecule has 0 spiro atoms. The number of hydrogen-bond acceptors (Lipinski definition) is 7. The number of rotatable bonds is 15. The van der Waals surface area contributed by atoms with Crippen LogP contribution in [0.15, 0.2) is 36.4 Å². The van der Waals surface area contributed by atoms with Crippen molar-refractivity contribution in [3.63, 3.8) is 0 Å². The Morgan fingerprint density at radius 3 is 2.68 bits per heavy atom. The highest BCUT2D eigenvalue weighted by Gasteiger charge is 2.42. The normalized spacial score (nSPS) is 24.9. The largest absolute Gasteiger partial charge is 0.464 e. The monoisotopic (exact) mass is 526 g/mol. The van der Waals surface area contributed by atoms with E-state index in [0.717, 1.165) is 82.5 Å². The van der Waals surface area contributed by atoms with Crippen LogP contribution in [0, 0.1) is 23.2 Å². The molecule has 1 aliphatic carbocycles. The van der Waals surface area contributed by atoms with Gasteiger partial charge in [-0.3, -0.25) is 9.69 Å². The van der Waals surface area contributed by atoms with Crippen LogP contribution in [0.2, 0.25) is 0 Å². The SMILES string of the molecule is CCCCCC(O)c1ccc([C@@H]2[C@@H](CC=CCCCC(=O)OCCN3CCOCC3)[C@H](C#N)C[C@H]2O)cc1. The van der Waals surface area contributed by atoms with E-state index in [-0.39, 0.29) is 23.7 Å². The predicted molar refractivity (Wildman–Crippen MR) is 147 cm³/mol. The highest BCUT2D eigenvalue weighted by molar-refractivity contribution is 5.69. The molecule has 1 saturated heterocycles. The lowest BCUT2D eigenvalue weighted by atomic mass is 9.82. The van der Waals surface area contributed by atoms with E-state index in [1.54, 1.807) is 0 Å². The summed E-state index contributed by atoms with van der Waals surface area (Å²) in [6.45, 7) is 6.60. The van der Waals surface area contributed by atoms with Crippen molar-refractivity contribution >= 4 is 5.97 Å². The molecule has 1 unspecified atom stereocenters. The summed E-state index contributed by atoms with van der Waals surface area (Å²) < 4.78 is 10.7. The first-order chi connectivity index (χ1) is 18.5. The summed E-state index contributed by atoms with van der Waals surface area (Å²) in [5, 5.41) is 31.0. The van der Waals surface area contributed by atoms with Crippen LogP contribution in [0.1, 0.15) is 87.9 Å². The number of allylic oxidation sites excluding steroid dienone is 2. The van der Waals surface area contributed by atoms with Crippen LogP contribution in [-0.4, -0.2) is 66.6 Å². The Morgan fingerprint density at radius 1 is 1.21 bits per heavy atom. The summed E-state index contributed by atoms with van der Waals surface area (Å²) in [5.41, 5.74) is 1.93. The molecule has 1 aliphatic heterocycles. The Morgan fingerprint density at radius 2 is 1.97 bits per heavy atom. The molecule has 7 heteroatoms. The van der Waals surface area contributed by atoms with Gasteiger partial charge in [-0.2, -0.15) is 5.26 Å². The number of esters is 1. The zero-order valence-electron chi connectivity index (χ0n) is 23.0. The number of nitriles is 1. The highest BCUT2D eigenvalue weighted by atomic mass is 16.5. The maximum absolute atomic E-state index is 12.0. The Kier molecular flexibility index (Phi) is 13.3. The molecule has 2 fully saturated rings. The van der Waals surface area contributed by atoms with Crippen molar-refractivity contribution in [3.8, 4) is 6.07 Å². The third kappa shape index (κ3) is 9.50. The zero-order valence-corrected chi connectivity index (χ0v) is 23.0. The average Bonchev–Trinajstić information content (AvgIpc) is 3.26. The number of ether oxygens (including phenoxy) is 2. The standard InChI is InChI=1S/C31H46N2O5/c1-2-3-6-10-28(34)24-12-14-25(15-13-24)31-27(26(23-32)22-29(31)35)9-7-4-5-8-11-30(36)38-21-18-33-16-19-37-20-17-33/h4,7,12-15,26-29,31,34-35H,2-3,5-6,8-11,16-22H2,1H3/t26-,27-,28?,29+,31+/m0/s1. The molecule has 38 heavy (non-hydrogen) atoms. The van der Waals surface area contributed by atoms with Crippen LogP contribution in [0.5, 0.6) is 0 Å². The van der Waals surface area contributed by atoms with Crippen molar-refractivity contribution < 1.29 is 24.5 Å². The summed E-state index contributed by atoms with van der Waals surface area (Å²) in [4.78, 5) is 14.3. The smallest absolute Gasteiger partial charge is 0.305 e. The second-order valence-electron chi connectivity index (χ2n) is 10.7. The molecular weight excluding hydrogens is 480 g/mol. The second kappa shape index (κ2) is 16.7. The third-order valence-corrected chi connectivity index (χ3v) is 7.94. The predicted octanol–water partition coefficient (Wildman–Crippen LogP) is 4.90. The highest BCUT2D eigenvalue weighted by Crippen LogP contribution is 2.45. The summed E-state index contributed by atoms with van der Waals surface area (Å²) in [6, 6.07) is 10.3. The van der Waals surface area contributed by atoms with Gasteiger partial charge >= 0.3 is 5.97 Å². The van der Waals surface area contributed by atoms with Gasteiger partial charge in [-0.05, 0) is 49.1 Å². The van der Waals surface area contributed by atoms with Gasteiger partial charge in [0.1, 0.15) is 6.61 Å². The topological polar surface area (TPSA) is 103 Å². The van der Waals surface area contributed by atoms with Crippen LogP contribution in [0.3, 0.4) is 0 Å². The first-order valence-electron chi connectivity index (χ1n) is 14.5. The number of unbranched alkanes of at least 4 members (excludes halogenated alkanes) is 3. The molecule has 2 aliphatic rings. The third-order valence-electron chi connectivity index (χ3n) is 7.94. The Labute approximate surface area is 228 Å². The molecule has 1 heterocycles. The Balaban J connectivity index is 1.42. The first kappa shape index (κ1) is 30.3. The zero-order chi connectivity index (χ0) is 27.2. The number of hydrogen-bond donors (Lipinski definition) is 2. The molecule has 3 rings (SSSR count). The number of aliphatic hydroxyl groups excluding tert-OH is 2. The van der Waals surface area contributed by atoms with Crippen LogP contribution < -0.4 is 0 Å². The fraction of sp³-hybridized carbons (Fsp3) is 0.677. The number of morpholine rings is 1. The molecule has 2 N–H and O–H groups in total. The molecule has 0 amide bonds.